The zero-order valence-corrected chi connectivity index (χ0v) is 10.8. The molecule has 1 aliphatic heterocycles. The Balaban J connectivity index is 1.72. The normalized spacial score (nSPS) is 30.8. The Hall–Kier alpha value is -0.120. The van der Waals surface area contributed by atoms with Gasteiger partial charge in [-0.1, -0.05) is 0 Å². The molecule has 3 nitrogen and oxygen atoms in total. The Morgan fingerprint density at radius 2 is 2.06 bits per heavy atom. The number of hydrogen-bond donors (Lipinski definition) is 1. The van der Waals surface area contributed by atoms with Gasteiger partial charge in [-0.2, -0.15) is 0 Å². The summed E-state index contributed by atoms with van der Waals surface area (Å²) >= 11 is 0. The van der Waals surface area contributed by atoms with Gasteiger partial charge in [0.05, 0.1) is 5.60 Å². The molecule has 0 aromatic carbocycles. The van der Waals surface area contributed by atoms with Crippen LogP contribution in [0.1, 0.15) is 38.5 Å². The summed E-state index contributed by atoms with van der Waals surface area (Å²) in [6, 6.07) is 0.706. The van der Waals surface area contributed by atoms with Gasteiger partial charge in [0.15, 0.2) is 0 Å². The van der Waals surface area contributed by atoms with Crippen LogP contribution >= 0.6 is 0 Å². The number of ether oxygens (including phenoxy) is 1. The third kappa shape index (κ3) is 2.96. The van der Waals surface area contributed by atoms with E-state index in [1.54, 1.807) is 0 Å². The van der Waals surface area contributed by atoms with Gasteiger partial charge >= 0.3 is 0 Å². The van der Waals surface area contributed by atoms with Crippen molar-refractivity contribution in [2.24, 2.45) is 0 Å². The highest BCUT2D eigenvalue weighted by molar-refractivity contribution is 4.92. The fourth-order valence-electron chi connectivity index (χ4n) is 2.80. The van der Waals surface area contributed by atoms with Crippen LogP contribution in [0.5, 0.6) is 0 Å². The van der Waals surface area contributed by atoms with Crippen molar-refractivity contribution < 1.29 is 4.74 Å². The maximum Gasteiger partial charge on any atom is 0.0802 e. The highest BCUT2D eigenvalue weighted by Crippen LogP contribution is 2.34. The van der Waals surface area contributed by atoms with Crippen LogP contribution in [-0.2, 0) is 4.74 Å². The fraction of sp³-hybridized carbons (Fsp3) is 1.00. The van der Waals surface area contributed by atoms with Crippen molar-refractivity contribution in [3.8, 4) is 0 Å². The first-order valence-corrected chi connectivity index (χ1v) is 6.71. The van der Waals surface area contributed by atoms with Crippen LogP contribution in [0.4, 0.5) is 0 Å². The summed E-state index contributed by atoms with van der Waals surface area (Å²) in [6.45, 7) is 3.54. The van der Waals surface area contributed by atoms with Crippen LogP contribution in [0.25, 0.3) is 0 Å². The van der Waals surface area contributed by atoms with E-state index in [-0.39, 0.29) is 5.60 Å². The van der Waals surface area contributed by atoms with E-state index in [4.69, 9.17) is 4.74 Å². The maximum absolute atomic E-state index is 5.64. The standard InChI is InChI=1S/C13H26N2O/c1-15-9-3-5-12(6-10-15)14-11-13(16-2)7-4-8-13/h12,14H,3-11H2,1-2H3. The van der Waals surface area contributed by atoms with Gasteiger partial charge in [0.2, 0.25) is 0 Å². The minimum Gasteiger partial charge on any atom is -0.377 e. The number of likely N-dealkylation sites (tertiary alicyclic amines) is 1. The molecule has 2 fully saturated rings. The van der Waals surface area contributed by atoms with E-state index in [9.17, 15) is 0 Å². The van der Waals surface area contributed by atoms with E-state index in [2.05, 4.69) is 17.3 Å². The molecule has 0 amide bonds. The molecule has 1 heterocycles. The van der Waals surface area contributed by atoms with Crippen molar-refractivity contribution in [3.63, 3.8) is 0 Å². The zero-order chi connectivity index (χ0) is 11.4. The summed E-state index contributed by atoms with van der Waals surface area (Å²) in [4.78, 5) is 2.44. The maximum atomic E-state index is 5.64. The molecule has 3 heteroatoms. The van der Waals surface area contributed by atoms with E-state index >= 15 is 0 Å². The monoisotopic (exact) mass is 226 g/mol. The number of nitrogens with one attached hydrogen (secondary N) is 1. The predicted octanol–water partition coefficient (Wildman–Crippen LogP) is 1.63. The lowest BCUT2D eigenvalue weighted by Gasteiger charge is -2.41. The third-order valence-electron chi connectivity index (χ3n) is 4.36. The topological polar surface area (TPSA) is 24.5 Å². The molecule has 0 bridgehead atoms. The van der Waals surface area contributed by atoms with Crippen LogP contribution in [0.15, 0.2) is 0 Å². The van der Waals surface area contributed by atoms with E-state index in [0.717, 1.165) is 6.54 Å². The average molecular weight is 226 g/mol. The number of nitrogens with zero attached hydrogens (tertiary/aromatic N) is 1. The number of rotatable bonds is 4. The molecule has 1 N–H and O–H groups in total. The Bertz CT molecular complexity index is 210. The third-order valence-corrected chi connectivity index (χ3v) is 4.36. The first-order valence-electron chi connectivity index (χ1n) is 6.71. The summed E-state index contributed by atoms with van der Waals surface area (Å²) in [5.74, 6) is 0. The van der Waals surface area contributed by atoms with Crippen molar-refractivity contribution in [2.45, 2.75) is 50.2 Å². The molecule has 94 valence electrons. The lowest BCUT2D eigenvalue weighted by molar-refractivity contribution is -0.0710. The van der Waals surface area contributed by atoms with Crippen molar-refractivity contribution >= 4 is 0 Å². The molecule has 2 aliphatic rings. The Morgan fingerprint density at radius 3 is 2.69 bits per heavy atom. The van der Waals surface area contributed by atoms with Gasteiger partial charge in [-0.25, -0.2) is 0 Å². The van der Waals surface area contributed by atoms with Crippen LogP contribution < -0.4 is 5.32 Å². The highest BCUT2D eigenvalue weighted by Gasteiger charge is 2.37. The Labute approximate surface area is 99.5 Å². The first-order chi connectivity index (χ1) is 7.74. The first kappa shape index (κ1) is 12.3. The van der Waals surface area contributed by atoms with E-state index in [0.29, 0.717) is 6.04 Å². The lowest BCUT2D eigenvalue weighted by Crippen LogP contribution is -2.50. The van der Waals surface area contributed by atoms with Gasteiger partial charge in [-0.15, -0.1) is 0 Å². The summed E-state index contributed by atoms with van der Waals surface area (Å²) in [7, 11) is 4.09. The van der Waals surface area contributed by atoms with Crippen molar-refractivity contribution in [3.05, 3.63) is 0 Å². The highest BCUT2D eigenvalue weighted by atomic mass is 16.5. The van der Waals surface area contributed by atoms with Crippen LogP contribution in [-0.4, -0.2) is 50.3 Å². The van der Waals surface area contributed by atoms with Gasteiger partial charge in [0.1, 0.15) is 0 Å². The molecule has 0 radical (unpaired) electrons. The molecule has 1 unspecified atom stereocenters. The van der Waals surface area contributed by atoms with E-state index < -0.39 is 0 Å². The fourth-order valence-corrected chi connectivity index (χ4v) is 2.80. The minimum atomic E-state index is 0.179. The summed E-state index contributed by atoms with van der Waals surface area (Å²) < 4.78 is 5.64. The molecule has 16 heavy (non-hydrogen) atoms. The Kier molecular flexibility index (Phi) is 4.22. The quantitative estimate of drug-likeness (QED) is 0.788. The average Bonchev–Trinajstić information content (AvgIpc) is 2.43. The summed E-state index contributed by atoms with van der Waals surface area (Å²) in [6.07, 6.45) is 7.75. The van der Waals surface area contributed by atoms with Crippen molar-refractivity contribution in [1.82, 2.24) is 10.2 Å². The Morgan fingerprint density at radius 1 is 1.25 bits per heavy atom. The SMILES string of the molecule is COC1(CNC2CCCN(C)CC2)CCC1. The zero-order valence-electron chi connectivity index (χ0n) is 10.8. The van der Waals surface area contributed by atoms with E-state index in [1.807, 2.05) is 7.11 Å². The van der Waals surface area contributed by atoms with Gasteiger partial charge in [-0.3, -0.25) is 0 Å². The van der Waals surface area contributed by atoms with E-state index in [1.165, 1.54) is 51.6 Å². The molecule has 0 spiro atoms. The molecule has 0 aromatic rings. The molecule has 2 rings (SSSR count). The van der Waals surface area contributed by atoms with Crippen molar-refractivity contribution in [2.75, 3.05) is 33.8 Å². The summed E-state index contributed by atoms with van der Waals surface area (Å²) in [5.41, 5.74) is 0.179. The minimum absolute atomic E-state index is 0.179. The summed E-state index contributed by atoms with van der Waals surface area (Å²) in [5, 5.41) is 3.72. The molecule has 0 aromatic heterocycles. The molecular formula is C13H26N2O. The van der Waals surface area contributed by atoms with Crippen molar-refractivity contribution in [1.29, 1.82) is 0 Å². The molecule has 1 atom stereocenters. The number of methoxy groups -OCH3 is 1. The number of hydrogen-bond acceptors (Lipinski definition) is 3. The smallest absolute Gasteiger partial charge is 0.0802 e. The second kappa shape index (κ2) is 5.48. The van der Waals surface area contributed by atoms with Gasteiger partial charge in [-0.05, 0) is 58.7 Å². The molecular weight excluding hydrogens is 200 g/mol. The lowest BCUT2D eigenvalue weighted by atomic mass is 9.79. The molecule has 1 saturated heterocycles. The van der Waals surface area contributed by atoms with Gasteiger partial charge in [0.25, 0.3) is 0 Å². The largest absolute Gasteiger partial charge is 0.377 e. The van der Waals surface area contributed by atoms with Gasteiger partial charge < -0.3 is 15.0 Å². The predicted molar refractivity (Wildman–Crippen MR) is 66.7 cm³/mol. The molecule has 1 saturated carbocycles. The second-order valence-corrected chi connectivity index (χ2v) is 5.55. The molecule has 1 aliphatic carbocycles. The van der Waals surface area contributed by atoms with Crippen LogP contribution in [0, 0.1) is 0 Å². The second-order valence-electron chi connectivity index (χ2n) is 5.55. The van der Waals surface area contributed by atoms with Crippen LogP contribution in [0.2, 0.25) is 0 Å². The van der Waals surface area contributed by atoms with Gasteiger partial charge in [0, 0.05) is 19.7 Å². The van der Waals surface area contributed by atoms with Crippen LogP contribution in [0.3, 0.4) is 0 Å².